The van der Waals surface area contributed by atoms with Crippen molar-refractivity contribution >= 4 is 0 Å². The summed E-state index contributed by atoms with van der Waals surface area (Å²) in [6.45, 7) is 0. The van der Waals surface area contributed by atoms with Crippen molar-refractivity contribution in [2.24, 2.45) is 0 Å². The fraction of sp³-hybridized carbons (Fsp3) is 0.136. The summed E-state index contributed by atoms with van der Waals surface area (Å²) in [5.41, 5.74) is 13.5. The van der Waals surface area contributed by atoms with Gasteiger partial charge in [-0.1, -0.05) is 60.8 Å². The van der Waals surface area contributed by atoms with Crippen LogP contribution in [0.4, 0.5) is 0 Å². The van der Waals surface area contributed by atoms with Gasteiger partial charge >= 0.3 is 20.1 Å². The van der Waals surface area contributed by atoms with Crippen molar-refractivity contribution in [3.05, 3.63) is 192 Å². The van der Waals surface area contributed by atoms with Crippen LogP contribution in [-0.4, -0.2) is 19.9 Å². The molecule has 0 aliphatic heterocycles. The molecule has 0 spiro atoms. The standard InChI is InChI=1S/C44H35N4.Ir/c1-3-8-39(9-4-1)42-22-19-33(29-46-42)13-16-36-26-37(17-14-34-20-23-43(47-30-34)40-10-5-2-6-11-40)28-38(27-36)18-15-35-21-24-44(48-31-35)41-12-7-25-45-32-41;/h1-8,10,12,19-31H,13-18H2;/q-3;+3. The first-order valence-electron chi connectivity index (χ1n) is 16.5. The maximum atomic E-state index is 4.72. The molecule has 3 aromatic carbocycles. The molecule has 4 nitrogen and oxygen atoms in total. The molecule has 4 aromatic heterocycles. The third kappa shape index (κ3) is 9.29. The van der Waals surface area contributed by atoms with Crippen LogP contribution in [0.25, 0.3) is 33.8 Å². The van der Waals surface area contributed by atoms with Gasteiger partial charge in [0.1, 0.15) is 0 Å². The van der Waals surface area contributed by atoms with Gasteiger partial charge in [0.25, 0.3) is 0 Å². The van der Waals surface area contributed by atoms with Crippen LogP contribution in [0, 0.1) is 18.3 Å². The van der Waals surface area contributed by atoms with Crippen molar-refractivity contribution in [2.75, 3.05) is 0 Å². The van der Waals surface area contributed by atoms with Crippen molar-refractivity contribution in [1.82, 2.24) is 19.9 Å². The molecule has 4 heterocycles. The Labute approximate surface area is 302 Å². The van der Waals surface area contributed by atoms with Crippen LogP contribution in [0.3, 0.4) is 0 Å². The first kappa shape index (κ1) is 33.8. The number of nitrogens with zero attached hydrogens (tertiary/aromatic N) is 4. The summed E-state index contributed by atoms with van der Waals surface area (Å²) in [6, 6.07) is 46.3. The van der Waals surface area contributed by atoms with Crippen LogP contribution in [0.1, 0.15) is 33.4 Å². The third-order valence-electron chi connectivity index (χ3n) is 8.55. The van der Waals surface area contributed by atoms with Gasteiger partial charge in [0.05, 0.1) is 0 Å². The quantitative estimate of drug-likeness (QED) is 0.116. The molecule has 0 fully saturated rings. The van der Waals surface area contributed by atoms with E-state index in [1.54, 1.807) is 6.20 Å². The molecule has 0 N–H and O–H groups in total. The van der Waals surface area contributed by atoms with Gasteiger partial charge in [0.2, 0.25) is 0 Å². The Bertz CT molecular complexity index is 1780. The van der Waals surface area contributed by atoms with E-state index in [-0.39, 0.29) is 20.1 Å². The molecule has 0 atom stereocenters. The smallest absolute Gasteiger partial charge is 0.360 e. The predicted octanol–water partition coefficient (Wildman–Crippen LogP) is 9.02. The molecule has 0 radical (unpaired) electrons. The average molecular weight is 812 g/mol. The first-order chi connectivity index (χ1) is 23.7. The van der Waals surface area contributed by atoms with Gasteiger partial charge in [-0.2, -0.15) is 0 Å². The van der Waals surface area contributed by atoms with E-state index >= 15 is 0 Å². The van der Waals surface area contributed by atoms with Crippen LogP contribution in [0.2, 0.25) is 0 Å². The predicted molar refractivity (Wildman–Crippen MR) is 192 cm³/mol. The largest absolute Gasteiger partial charge is 3.00 e. The molecular weight excluding hydrogens is 777 g/mol. The summed E-state index contributed by atoms with van der Waals surface area (Å²) in [5.74, 6) is 0. The number of hydrogen-bond acceptors (Lipinski definition) is 4. The SMILES string of the molecule is [Ir+3].[c-]1ccccc1-c1ccc(CCc2cc(CCc3ccc(-c4[c-]cccc4)nc3)cc(CCc3ccc(-c4[c-]nccc4)nc3)c2)cn1. The molecule has 240 valence electrons. The Kier molecular flexibility index (Phi) is 11.6. The van der Waals surface area contributed by atoms with Gasteiger partial charge in [0, 0.05) is 18.6 Å². The Morgan fingerprint density at radius 1 is 0.408 bits per heavy atom. The first-order valence-corrected chi connectivity index (χ1v) is 16.5. The summed E-state index contributed by atoms with van der Waals surface area (Å²) < 4.78 is 0. The van der Waals surface area contributed by atoms with Crippen molar-refractivity contribution in [2.45, 2.75) is 38.5 Å². The maximum Gasteiger partial charge on any atom is 3.00 e. The van der Waals surface area contributed by atoms with E-state index < -0.39 is 0 Å². The van der Waals surface area contributed by atoms with Gasteiger partial charge in [-0.25, -0.2) is 0 Å². The summed E-state index contributed by atoms with van der Waals surface area (Å²) >= 11 is 0. The van der Waals surface area contributed by atoms with Gasteiger partial charge in [0.15, 0.2) is 0 Å². The van der Waals surface area contributed by atoms with E-state index in [0.29, 0.717) is 0 Å². The van der Waals surface area contributed by atoms with Crippen LogP contribution in [0.15, 0.2) is 140 Å². The van der Waals surface area contributed by atoms with Crippen LogP contribution in [-0.2, 0) is 58.6 Å². The second-order valence-corrected chi connectivity index (χ2v) is 12.0. The molecule has 0 amide bonds. The van der Waals surface area contributed by atoms with Crippen LogP contribution >= 0.6 is 0 Å². The van der Waals surface area contributed by atoms with E-state index in [2.05, 4.69) is 82.9 Å². The minimum Gasteiger partial charge on any atom is -0.360 e. The molecular formula is C44H35IrN4. The molecule has 0 bridgehead atoms. The third-order valence-corrected chi connectivity index (χ3v) is 8.55. The molecule has 0 saturated carbocycles. The zero-order valence-corrected chi connectivity index (χ0v) is 29.5. The van der Waals surface area contributed by atoms with E-state index in [9.17, 15) is 0 Å². The summed E-state index contributed by atoms with van der Waals surface area (Å²) in [7, 11) is 0. The fourth-order valence-electron chi connectivity index (χ4n) is 5.91. The number of hydrogen-bond donors (Lipinski definition) is 0. The average Bonchev–Trinajstić information content (AvgIpc) is 3.17. The van der Waals surface area contributed by atoms with Gasteiger partial charge in [-0.05, 0) is 95.2 Å². The van der Waals surface area contributed by atoms with Crippen molar-refractivity contribution in [1.29, 1.82) is 0 Å². The van der Waals surface area contributed by atoms with Crippen molar-refractivity contribution in [3.63, 3.8) is 0 Å². The van der Waals surface area contributed by atoms with Gasteiger partial charge in [-0.3, -0.25) is 0 Å². The van der Waals surface area contributed by atoms with Gasteiger partial charge < -0.3 is 19.9 Å². The Morgan fingerprint density at radius 2 is 0.816 bits per heavy atom. The fourth-order valence-corrected chi connectivity index (χ4v) is 5.91. The molecule has 7 aromatic rings. The Morgan fingerprint density at radius 3 is 1.16 bits per heavy atom. The molecule has 0 saturated heterocycles. The minimum atomic E-state index is 0. The number of pyridine rings is 4. The number of aromatic nitrogens is 4. The number of rotatable bonds is 12. The minimum absolute atomic E-state index is 0. The van der Waals surface area contributed by atoms with Gasteiger partial charge in [-0.15, -0.1) is 89.5 Å². The zero-order chi connectivity index (χ0) is 32.4. The van der Waals surface area contributed by atoms with E-state index in [1.807, 2.05) is 79.3 Å². The second kappa shape index (κ2) is 16.8. The maximum absolute atomic E-state index is 4.72. The number of aryl methyl sites for hydroxylation is 6. The summed E-state index contributed by atoms with van der Waals surface area (Å²) in [5, 5.41) is 0. The summed E-state index contributed by atoms with van der Waals surface area (Å²) in [6.07, 6.45) is 16.4. The van der Waals surface area contributed by atoms with E-state index in [1.165, 1.54) is 33.4 Å². The monoisotopic (exact) mass is 812 g/mol. The Balaban J connectivity index is 0.00000417. The molecule has 0 aliphatic rings. The number of benzene rings is 3. The zero-order valence-electron chi connectivity index (χ0n) is 27.1. The molecule has 5 heteroatoms. The van der Waals surface area contributed by atoms with Crippen LogP contribution < -0.4 is 0 Å². The Hall–Kier alpha value is -5.09. The molecule has 7 rings (SSSR count). The summed E-state index contributed by atoms with van der Waals surface area (Å²) in [4.78, 5) is 18.2. The van der Waals surface area contributed by atoms with Crippen LogP contribution in [0.5, 0.6) is 0 Å². The molecule has 0 aliphatic carbocycles. The van der Waals surface area contributed by atoms with Crippen molar-refractivity contribution < 1.29 is 20.1 Å². The molecule has 0 unspecified atom stereocenters. The molecule has 49 heavy (non-hydrogen) atoms. The topological polar surface area (TPSA) is 51.6 Å². The van der Waals surface area contributed by atoms with E-state index in [4.69, 9.17) is 9.97 Å². The van der Waals surface area contributed by atoms with E-state index in [0.717, 1.165) is 72.3 Å². The van der Waals surface area contributed by atoms with Crippen molar-refractivity contribution in [3.8, 4) is 33.8 Å². The normalized spacial score (nSPS) is 10.8. The second-order valence-electron chi connectivity index (χ2n) is 12.0.